The maximum Gasteiger partial charge on any atom is 0.0552 e. The van der Waals surface area contributed by atoms with E-state index in [9.17, 15) is 5.11 Å². The van der Waals surface area contributed by atoms with E-state index in [4.69, 9.17) is 0 Å². The molecule has 2 saturated heterocycles. The van der Waals surface area contributed by atoms with Crippen molar-refractivity contribution in [1.29, 1.82) is 0 Å². The van der Waals surface area contributed by atoms with Crippen LogP contribution in [0.15, 0.2) is 0 Å². The van der Waals surface area contributed by atoms with Crippen LogP contribution in [0.1, 0.15) is 26.2 Å². The molecule has 0 aromatic carbocycles. The summed E-state index contributed by atoms with van der Waals surface area (Å²) in [6.07, 6.45) is 3.63. The molecule has 2 unspecified atom stereocenters. The zero-order valence-corrected chi connectivity index (χ0v) is 9.08. The van der Waals surface area contributed by atoms with Gasteiger partial charge in [0.25, 0.3) is 0 Å². The zero-order chi connectivity index (χ0) is 9.97. The third-order valence-electron chi connectivity index (χ3n) is 3.76. The first kappa shape index (κ1) is 10.4. The van der Waals surface area contributed by atoms with Gasteiger partial charge in [-0.2, -0.15) is 0 Å². The molecule has 14 heavy (non-hydrogen) atoms. The van der Waals surface area contributed by atoms with Crippen molar-refractivity contribution in [2.75, 3.05) is 26.2 Å². The first-order valence-electron chi connectivity index (χ1n) is 5.90. The smallest absolute Gasteiger partial charge is 0.0552 e. The van der Waals surface area contributed by atoms with Crippen LogP contribution in [-0.2, 0) is 0 Å². The Morgan fingerprint density at radius 2 is 2.00 bits per heavy atom. The summed E-state index contributed by atoms with van der Waals surface area (Å²) in [5.41, 5.74) is 0. The van der Waals surface area contributed by atoms with E-state index >= 15 is 0 Å². The summed E-state index contributed by atoms with van der Waals surface area (Å²) >= 11 is 0. The number of aliphatic hydroxyl groups is 1. The van der Waals surface area contributed by atoms with E-state index in [1.54, 1.807) is 0 Å². The molecule has 0 bridgehead atoms. The van der Waals surface area contributed by atoms with Crippen LogP contribution in [0.3, 0.4) is 0 Å². The number of nitrogens with zero attached hydrogens (tertiary/aromatic N) is 1. The highest BCUT2D eigenvalue weighted by atomic mass is 16.3. The van der Waals surface area contributed by atoms with Crippen LogP contribution in [0.4, 0.5) is 0 Å². The van der Waals surface area contributed by atoms with Gasteiger partial charge in [0, 0.05) is 12.6 Å². The number of hydrogen-bond acceptors (Lipinski definition) is 3. The number of hydrogen-bond donors (Lipinski definition) is 2. The monoisotopic (exact) mass is 198 g/mol. The van der Waals surface area contributed by atoms with Gasteiger partial charge in [0.1, 0.15) is 0 Å². The molecule has 3 nitrogen and oxygen atoms in total. The standard InChI is InChI=1S/C11H22N2O/c1-9(14)10-4-7-13(8-10)11-2-5-12-6-3-11/h9-12,14H,2-8H2,1H3. The molecule has 0 radical (unpaired) electrons. The molecule has 82 valence electrons. The molecule has 3 heteroatoms. The highest BCUT2D eigenvalue weighted by molar-refractivity contribution is 4.85. The van der Waals surface area contributed by atoms with Crippen LogP contribution in [0, 0.1) is 5.92 Å². The van der Waals surface area contributed by atoms with E-state index in [1.807, 2.05) is 6.92 Å². The van der Waals surface area contributed by atoms with E-state index in [0.29, 0.717) is 5.92 Å². The van der Waals surface area contributed by atoms with Crippen molar-refractivity contribution in [2.24, 2.45) is 5.92 Å². The predicted octanol–water partition coefficient (Wildman–Crippen LogP) is 0.441. The molecule has 0 saturated carbocycles. The molecular formula is C11H22N2O. The third-order valence-corrected chi connectivity index (χ3v) is 3.76. The fourth-order valence-corrected chi connectivity index (χ4v) is 2.71. The molecule has 2 aliphatic rings. The molecule has 0 aromatic heterocycles. The first-order chi connectivity index (χ1) is 6.77. The first-order valence-corrected chi connectivity index (χ1v) is 5.90. The fraction of sp³-hybridized carbons (Fsp3) is 1.00. The quantitative estimate of drug-likeness (QED) is 0.676. The second-order valence-corrected chi connectivity index (χ2v) is 4.77. The van der Waals surface area contributed by atoms with Crippen molar-refractivity contribution in [1.82, 2.24) is 10.2 Å². The Morgan fingerprint density at radius 3 is 2.57 bits per heavy atom. The van der Waals surface area contributed by atoms with Crippen molar-refractivity contribution in [3.63, 3.8) is 0 Å². The molecule has 0 aromatic rings. The van der Waals surface area contributed by atoms with E-state index in [0.717, 1.165) is 12.6 Å². The highest BCUT2D eigenvalue weighted by Gasteiger charge is 2.30. The molecule has 0 spiro atoms. The lowest BCUT2D eigenvalue weighted by molar-refractivity contribution is 0.117. The topological polar surface area (TPSA) is 35.5 Å². The van der Waals surface area contributed by atoms with Crippen molar-refractivity contribution in [3.8, 4) is 0 Å². The highest BCUT2D eigenvalue weighted by Crippen LogP contribution is 2.24. The van der Waals surface area contributed by atoms with Gasteiger partial charge in [-0.05, 0) is 51.7 Å². The summed E-state index contributed by atoms with van der Waals surface area (Å²) in [4.78, 5) is 2.58. The summed E-state index contributed by atoms with van der Waals surface area (Å²) in [6, 6.07) is 0.778. The minimum absolute atomic E-state index is 0.123. The third kappa shape index (κ3) is 2.27. The Bertz CT molecular complexity index is 178. The number of aliphatic hydroxyl groups excluding tert-OH is 1. The number of nitrogens with one attached hydrogen (secondary N) is 1. The lowest BCUT2D eigenvalue weighted by Crippen LogP contribution is -2.42. The van der Waals surface area contributed by atoms with Gasteiger partial charge in [-0.3, -0.25) is 4.90 Å². The second-order valence-electron chi connectivity index (χ2n) is 4.77. The van der Waals surface area contributed by atoms with Gasteiger partial charge >= 0.3 is 0 Å². The SMILES string of the molecule is CC(O)C1CCN(C2CCNCC2)C1. The Morgan fingerprint density at radius 1 is 1.29 bits per heavy atom. The van der Waals surface area contributed by atoms with Crippen molar-refractivity contribution >= 4 is 0 Å². The molecule has 2 aliphatic heterocycles. The van der Waals surface area contributed by atoms with E-state index in [1.165, 1.54) is 38.9 Å². The van der Waals surface area contributed by atoms with Crippen LogP contribution in [0.2, 0.25) is 0 Å². The average molecular weight is 198 g/mol. The summed E-state index contributed by atoms with van der Waals surface area (Å²) in [5.74, 6) is 0.518. The van der Waals surface area contributed by atoms with Crippen LogP contribution >= 0.6 is 0 Å². The van der Waals surface area contributed by atoms with Gasteiger partial charge in [-0.1, -0.05) is 0 Å². The Kier molecular flexibility index (Phi) is 3.42. The molecule has 2 N–H and O–H groups in total. The van der Waals surface area contributed by atoms with Crippen molar-refractivity contribution in [2.45, 2.75) is 38.3 Å². The van der Waals surface area contributed by atoms with Gasteiger partial charge in [0.15, 0.2) is 0 Å². The summed E-state index contributed by atoms with van der Waals surface area (Å²) in [5, 5.41) is 12.9. The zero-order valence-electron chi connectivity index (χ0n) is 9.08. The Hall–Kier alpha value is -0.120. The molecule has 2 rings (SSSR count). The average Bonchev–Trinajstić information content (AvgIpc) is 2.68. The lowest BCUT2D eigenvalue weighted by atomic mass is 10.0. The minimum atomic E-state index is -0.123. The van der Waals surface area contributed by atoms with Crippen LogP contribution < -0.4 is 5.32 Å². The van der Waals surface area contributed by atoms with Gasteiger partial charge in [0.2, 0.25) is 0 Å². The van der Waals surface area contributed by atoms with Gasteiger partial charge in [0.05, 0.1) is 6.10 Å². The summed E-state index contributed by atoms with van der Waals surface area (Å²) in [7, 11) is 0. The largest absolute Gasteiger partial charge is 0.393 e. The summed E-state index contributed by atoms with van der Waals surface area (Å²) < 4.78 is 0. The normalized spacial score (nSPS) is 33.4. The summed E-state index contributed by atoms with van der Waals surface area (Å²) in [6.45, 7) is 6.57. The predicted molar refractivity (Wildman–Crippen MR) is 57.3 cm³/mol. The lowest BCUT2D eigenvalue weighted by Gasteiger charge is -2.31. The fourth-order valence-electron chi connectivity index (χ4n) is 2.71. The molecule has 2 heterocycles. The number of rotatable bonds is 2. The van der Waals surface area contributed by atoms with E-state index in [2.05, 4.69) is 10.2 Å². The molecule has 2 atom stereocenters. The number of piperidine rings is 1. The maximum absolute atomic E-state index is 9.53. The minimum Gasteiger partial charge on any atom is -0.393 e. The van der Waals surface area contributed by atoms with Crippen LogP contribution in [0.5, 0.6) is 0 Å². The van der Waals surface area contributed by atoms with Gasteiger partial charge < -0.3 is 10.4 Å². The molecular weight excluding hydrogens is 176 g/mol. The van der Waals surface area contributed by atoms with E-state index < -0.39 is 0 Å². The van der Waals surface area contributed by atoms with Gasteiger partial charge in [-0.15, -0.1) is 0 Å². The van der Waals surface area contributed by atoms with Crippen molar-refractivity contribution < 1.29 is 5.11 Å². The molecule has 0 aliphatic carbocycles. The Balaban J connectivity index is 1.82. The molecule has 0 amide bonds. The second kappa shape index (κ2) is 4.60. The van der Waals surface area contributed by atoms with Gasteiger partial charge in [-0.25, -0.2) is 0 Å². The number of likely N-dealkylation sites (tertiary alicyclic amines) is 1. The van der Waals surface area contributed by atoms with Crippen LogP contribution in [-0.4, -0.2) is 48.3 Å². The maximum atomic E-state index is 9.53. The van der Waals surface area contributed by atoms with E-state index in [-0.39, 0.29) is 6.10 Å². The Labute approximate surface area is 86.5 Å². The molecule has 2 fully saturated rings. The van der Waals surface area contributed by atoms with Crippen molar-refractivity contribution in [3.05, 3.63) is 0 Å². The van der Waals surface area contributed by atoms with Crippen LogP contribution in [0.25, 0.3) is 0 Å².